The average Bonchev–Trinajstić information content (AvgIpc) is 2.21. The summed E-state index contributed by atoms with van der Waals surface area (Å²) in [7, 11) is 0. The van der Waals surface area contributed by atoms with Gasteiger partial charge in [0.15, 0.2) is 0 Å². The van der Waals surface area contributed by atoms with Gasteiger partial charge in [-0.15, -0.1) is 0 Å². The topological polar surface area (TPSA) is 12.0 Å². The summed E-state index contributed by atoms with van der Waals surface area (Å²) in [6.45, 7) is 2.18. The third-order valence-corrected chi connectivity index (χ3v) is 3.22. The lowest BCUT2D eigenvalue weighted by Gasteiger charge is -2.20. The van der Waals surface area contributed by atoms with E-state index in [0.717, 1.165) is 0 Å². The van der Waals surface area contributed by atoms with Crippen LogP contribution in [0.4, 0.5) is 17.6 Å². The van der Waals surface area contributed by atoms with Crippen LogP contribution in [0.1, 0.15) is 18.9 Å². The largest absolute Gasteiger partial charge is 0.390 e. The van der Waals surface area contributed by atoms with Gasteiger partial charge in [-0.3, -0.25) is 0 Å². The minimum Gasteiger partial charge on any atom is -0.314 e. The number of hydrogen-bond donors (Lipinski definition) is 1. The molecule has 0 radical (unpaired) electrons. The predicted octanol–water partition coefficient (Wildman–Crippen LogP) is 4.06. The van der Waals surface area contributed by atoms with Gasteiger partial charge in [-0.2, -0.15) is 13.2 Å². The zero-order valence-corrected chi connectivity index (χ0v) is 11.4. The van der Waals surface area contributed by atoms with Crippen molar-refractivity contribution in [1.82, 2.24) is 5.32 Å². The summed E-state index contributed by atoms with van der Waals surface area (Å²) in [6.07, 6.45) is -5.03. The van der Waals surface area contributed by atoms with E-state index in [1.807, 2.05) is 0 Å². The van der Waals surface area contributed by atoms with E-state index < -0.39 is 24.5 Å². The molecule has 0 saturated carbocycles. The van der Waals surface area contributed by atoms with Gasteiger partial charge in [0.1, 0.15) is 5.82 Å². The molecular weight excluding hydrogens is 314 g/mol. The quantitative estimate of drug-likeness (QED) is 0.804. The van der Waals surface area contributed by atoms with Gasteiger partial charge in [0.05, 0.1) is 6.42 Å². The maximum atomic E-state index is 13.1. The van der Waals surface area contributed by atoms with E-state index in [1.54, 1.807) is 6.92 Å². The maximum absolute atomic E-state index is 13.1. The Kier molecular flexibility index (Phi) is 5.59. The van der Waals surface area contributed by atoms with E-state index >= 15 is 0 Å². The lowest BCUT2D eigenvalue weighted by Crippen LogP contribution is -2.35. The highest BCUT2D eigenvalue weighted by molar-refractivity contribution is 9.10. The van der Waals surface area contributed by atoms with Crippen molar-refractivity contribution in [1.29, 1.82) is 0 Å². The summed E-state index contributed by atoms with van der Waals surface area (Å²) in [5.41, 5.74) is 0.533. The van der Waals surface area contributed by atoms with Crippen LogP contribution in [-0.4, -0.2) is 18.8 Å². The molecule has 0 aliphatic carbocycles. The average molecular weight is 328 g/mol. The first-order chi connectivity index (χ1) is 8.31. The monoisotopic (exact) mass is 327 g/mol. The summed E-state index contributed by atoms with van der Waals surface area (Å²) >= 11 is 3.21. The zero-order valence-electron chi connectivity index (χ0n) is 9.82. The van der Waals surface area contributed by atoms with Gasteiger partial charge < -0.3 is 5.32 Å². The third-order valence-electron chi connectivity index (χ3n) is 2.44. The van der Waals surface area contributed by atoms with E-state index in [0.29, 0.717) is 16.6 Å². The van der Waals surface area contributed by atoms with E-state index in [-0.39, 0.29) is 6.42 Å². The minimum atomic E-state index is -4.23. The summed E-state index contributed by atoms with van der Waals surface area (Å²) < 4.78 is 50.8. The van der Waals surface area contributed by atoms with Gasteiger partial charge >= 0.3 is 6.18 Å². The molecule has 1 atom stereocenters. The Balaban J connectivity index is 2.79. The molecule has 1 N–H and O–H groups in total. The fourth-order valence-electron chi connectivity index (χ4n) is 1.75. The standard InChI is InChI=1S/C12H14BrF4N/c1-2-18-10(7-12(15,16)17)6-8-5-9(14)3-4-11(8)13/h3-5,10,18H,2,6-7H2,1H3. The SMILES string of the molecule is CCNC(Cc1cc(F)ccc1Br)CC(F)(F)F. The highest BCUT2D eigenvalue weighted by Gasteiger charge is 2.31. The smallest absolute Gasteiger partial charge is 0.314 e. The molecule has 0 heterocycles. The molecule has 1 nitrogen and oxygen atoms in total. The first-order valence-corrected chi connectivity index (χ1v) is 6.35. The molecule has 6 heteroatoms. The van der Waals surface area contributed by atoms with Crippen molar-refractivity contribution >= 4 is 15.9 Å². The second-order valence-electron chi connectivity index (χ2n) is 4.01. The first kappa shape index (κ1) is 15.4. The van der Waals surface area contributed by atoms with Gasteiger partial charge in [0.2, 0.25) is 0 Å². The van der Waals surface area contributed by atoms with Crippen molar-refractivity contribution in [2.24, 2.45) is 0 Å². The number of halogens is 5. The lowest BCUT2D eigenvalue weighted by atomic mass is 10.0. The fourth-order valence-corrected chi connectivity index (χ4v) is 2.16. The summed E-state index contributed by atoms with van der Waals surface area (Å²) in [6, 6.07) is 3.28. The van der Waals surface area contributed by atoms with E-state index in [2.05, 4.69) is 21.2 Å². The van der Waals surface area contributed by atoms with Crippen LogP contribution in [0.5, 0.6) is 0 Å². The number of benzene rings is 1. The normalized spacial score (nSPS) is 13.7. The number of alkyl halides is 3. The Morgan fingerprint density at radius 3 is 2.56 bits per heavy atom. The second-order valence-corrected chi connectivity index (χ2v) is 4.87. The van der Waals surface area contributed by atoms with Crippen molar-refractivity contribution in [3.05, 3.63) is 34.1 Å². The Morgan fingerprint density at radius 2 is 2.00 bits per heavy atom. The fraction of sp³-hybridized carbons (Fsp3) is 0.500. The Morgan fingerprint density at radius 1 is 1.33 bits per heavy atom. The number of nitrogens with one attached hydrogen (secondary N) is 1. The molecular formula is C12H14BrF4N. The minimum absolute atomic E-state index is 0.131. The van der Waals surface area contributed by atoms with Crippen LogP contribution in [0.25, 0.3) is 0 Å². The van der Waals surface area contributed by atoms with Gasteiger partial charge in [-0.1, -0.05) is 22.9 Å². The van der Waals surface area contributed by atoms with Crippen LogP contribution in [0.15, 0.2) is 22.7 Å². The van der Waals surface area contributed by atoms with Gasteiger partial charge in [-0.05, 0) is 36.7 Å². The highest BCUT2D eigenvalue weighted by Crippen LogP contribution is 2.25. The molecule has 0 spiro atoms. The molecule has 0 amide bonds. The van der Waals surface area contributed by atoms with Crippen molar-refractivity contribution in [3.63, 3.8) is 0 Å². The molecule has 0 fully saturated rings. The Hall–Kier alpha value is -0.620. The molecule has 18 heavy (non-hydrogen) atoms. The Labute approximate surface area is 112 Å². The molecule has 0 aliphatic rings. The Bertz CT molecular complexity index is 392. The van der Waals surface area contributed by atoms with Crippen LogP contribution in [0, 0.1) is 5.82 Å². The maximum Gasteiger partial charge on any atom is 0.390 e. The second kappa shape index (κ2) is 6.52. The molecule has 0 aromatic heterocycles. The molecule has 1 aromatic rings. The van der Waals surface area contributed by atoms with Gasteiger partial charge in [-0.25, -0.2) is 4.39 Å². The lowest BCUT2D eigenvalue weighted by molar-refractivity contribution is -0.139. The number of rotatable bonds is 5. The highest BCUT2D eigenvalue weighted by atomic mass is 79.9. The van der Waals surface area contributed by atoms with Crippen LogP contribution in [0.2, 0.25) is 0 Å². The molecule has 1 rings (SSSR count). The van der Waals surface area contributed by atoms with E-state index in [9.17, 15) is 17.6 Å². The molecule has 102 valence electrons. The molecule has 0 saturated heterocycles. The zero-order chi connectivity index (χ0) is 13.8. The molecule has 0 bridgehead atoms. The van der Waals surface area contributed by atoms with Gasteiger partial charge in [0.25, 0.3) is 0 Å². The van der Waals surface area contributed by atoms with E-state index in [4.69, 9.17) is 0 Å². The van der Waals surface area contributed by atoms with E-state index in [1.165, 1.54) is 18.2 Å². The van der Waals surface area contributed by atoms with Gasteiger partial charge in [0, 0.05) is 10.5 Å². The summed E-state index contributed by atoms with van der Waals surface area (Å²) in [5, 5.41) is 2.77. The van der Waals surface area contributed by atoms with Crippen LogP contribution >= 0.6 is 15.9 Å². The first-order valence-electron chi connectivity index (χ1n) is 5.56. The summed E-state index contributed by atoms with van der Waals surface area (Å²) in [4.78, 5) is 0. The summed E-state index contributed by atoms with van der Waals surface area (Å²) in [5.74, 6) is -0.449. The van der Waals surface area contributed by atoms with Crippen LogP contribution in [0.3, 0.4) is 0 Å². The van der Waals surface area contributed by atoms with Crippen molar-refractivity contribution in [2.75, 3.05) is 6.54 Å². The molecule has 1 aromatic carbocycles. The van der Waals surface area contributed by atoms with Crippen LogP contribution < -0.4 is 5.32 Å². The van der Waals surface area contributed by atoms with Crippen molar-refractivity contribution in [2.45, 2.75) is 32.0 Å². The molecule has 1 unspecified atom stereocenters. The van der Waals surface area contributed by atoms with Crippen molar-refractivity contribution in [3.8, 4) is 0 Å². The predicted molar refractivity (Wildman–Crippen MR) is 65.9 cm³/mol. The van der Waals surface area contributed by atoms with Crippen molar-refractivity contribution < 1.29 is 17.6 Å². The van der Waals surface area contributed by atoms with Crippen LogP contribution in [-0.2, 0) is 6.42 Å². The number of likely N-dealkylation sites (N-methyl/N-ethyl adjacent to an activating group) is 1. The third kappa shape index (κ3) is 5.35. The molecule has 0 aliphatic heterocycles. The number of hydrogen-bond acceptors (Lipinski definition) is 1.